The average Bonchev–Trinajstić information content (AvgIpc) is 2.48. The molecule has 2 aromatic rings. The van der Waals surface area contributed by atoms with E-state index in [-0.39, 0.29) is 17.5 Å². The molecule has 0 heterocycles. The fraction of sp³-hybridized carbons (Fsp3) is 0.0625. The van der Waals surface area contributed by atoms with Crippen molar-refractivity contribution in [2.75, 3.05) is 0 Å². The van der Waals surface area contributed by atoms with Crippen LogP contribution in [-0.2, 0) is 11.2 Å². The summed E-state index contributed by atoms with van der Waals surface area (Å²) >= 11 is 1.26. The largest absolute Gasteiger partial charge is 0.481 e. The number of aromatic carboxylic acids is 2. The zero-order chi connectivity index (χ0) is 17.0. The molecule has 0 spiro atoms. The maximum atomic E-state index is 11.2. The van der Waals surface area contributed by atoms with E-state index in [1.165, 1.54) is 30.0 Å². The van der Waals surface area contributed by atoms with Crippen molar-refractivity contribution in [2.24, 2.45) is 0 Å². The SMILES string of the molecule is O=C(O)Cc1ccc(Sc2ccc(C(=O)O)c(C(=O)O)c2)cc1. The van der Waals surface area contributed by atoms with Gasteiger partial charge >= 0.3 is 17.9 Å². The Morgan fingerprint density at radius 2 is 1.35 bits per heavy atom. The third-order valence-corrected chi connectivity index (χ3v) is 3.96. The molecule has 0 atom stereocenters. The van der Waals surface area contributed by atoms with Crippen molar-refractivity contribution in [1.29, 1.82) is 0 Å². The van der Waals surface area contributed by atoms with Gasteiger partial charge in [-0.1, -0.05) is 23.9 Å². The van der Waals surface area contributed by atoms with E-state index < -0.39 is 17.9 Å². The Kier molecular flexibility index (Phi) is 5.02. The lowest BCUT2D eigenvalue weighted by atomic mass is 10.1. The standard InChI is InChI=1S/C16H12O6S/c17-14(18)7-9-1-3-10(4-2-9)23-11-5-6-12(15(19)20)13(8-11)16(21)22/h1-6,8H,7H2,(H,17,18)(H,19,20)(H,21,22). The Morgan fingerprint density at radius 3 is 1.87 bits per heavy atom. The van der Waals surface area contributed by atoms with Crippen molar-refractivity contribution in [1.82, 2.24) is 0 Å². The van der Waals surface area contributed by atoms with Crippen LogP contribution in [0.15, 0.2) is 52.3 Å². The maximum Gasteiger partial charge on any atom is 0.336 e. The third-order valence-electron chi connectivity index (χ3n) is 2.97. The monoisotopic (exact) mass is 332 g/mol. The molecule has 0 saturated heterocycles. The molecule has 6 nitrogen and oxygen atoms in total. The van der Waals surface area contributed by atoms with Gasteiger partial charge in [0.1, 0.15) is 0 Å². The van der Waals surface area contributed by atoms with Crippen molar-refractivity contribution < 1.29 is 29.7 Å². The topological polar surface area (TPSA) is 112 Å². The van der Waals surface area contributed by atoms with E-state index in [4.69, 9.17) is 15.3 Å². The summed E-state index contributed by atoms with van der Waals surface area (Å²) in [6, 6.07) is 10.9. The molecule has 0 amide bonds. The van der Waals surface area contributed by atoms with Crippen LogP contribution in [0, 0.1) is 0 Å². The Hall–Kier alpha value is -2.80. The van der Waals surface area contributed by atoms with E-state index in [0.29, 0.717) is 10.5 Å². The normalized spacial score (nSPS) is 10.3. The van der Waals surface area contributed by atoms with E-state index in [2.05, 4.69) is 0 Å². The number of hydrogen-bond donors (Lipinski definition) is 3. The molecule has 0 saturated carbocycles. The summed E-state index contributed by atoms with van der Waals surface area (Å²) in [6.07, 6.45) is -0.0680. The molecule has 0 aromatic heterocycles. The summed E-state index contributed by atoms with van der Waals surface area (Å²) in [5, 5.41) is 26.8. The molecule has 2 aromatic carbocycles. The molecule has 3 N–H and O–H groups in total. The van der Waals surface area contributed by atoms with E-state index in [1.54, 1.807) is 24.3 Å². The Labute approximate surface area is 135 Å². The molecule has 2 rings (SSSR count). The minimum atomic E-state index is -1.30. The Morgan fingerprint density at radius 1 is 0.783 bits per heavy atom. The van der Waals surface area contributed by atoms with Crippen LogP contribution >= 0.6 is 11.8 Å². The van der Waals surface area contributed by atoms with Crippen LogP contribution in [-0.4, -0.2) is 33.2 Å². The van der Waals surface area contributed by atoms with Gasteiger partial charge in [0, 0.05) is 9.79 Å². The summed E-state index contributed by atoms with van der Waals surface area (Å²) in [6.45, 7) is 0. The zero-order valence-corrected chi connectivity index (χ0v) is 12.5. The summed E-state index contributed by atoms with van der Waals surface area (Å²) in [4.78, 5) is 34.1. The summed E-state index contributed by atoms with van der Waals surface area (Å²) < 4.78 is 0. The number of aliphatic carboxylic acids is 1. The summed E-state index contributed by atoms with van der Waals surface area (Å²) in [5.41, 5.74) is 0.123. The smallest absolute Gasteiger partial charge is 0.336 e. The molecule has 0 aliphatic rings. The number of rotatable bonds is 6. The van der Waals surface area contributed by atoms with Gasteiger partial charge in [0.25, 0.3) is 0 Å². The fourth-order valence-corrected chi connectivity index (χ4v) is 2.79. The van der Waals surface area contributed by atoms with Gasteiger partial charge in [-0.15, -0.1) is 0 Å². The fourth-order valence-electron chi connectivity index (χ4n) is 1.94. The Bertz CT molecular complexity index is 767. The van der Waals surface area contributed by atoms with Crippen molar-refractivity contribution >= 4 is 29.7 Å². The number of carbonyl (C=O) groups is 3. The van der Waals surface area contributed by atoms with Crippen LogP contribution in [0.1, 0.15) is 26.3 Å². The minimum absolute atomic E-state index is 0.0680. The first-order valence-corrected chi connectivity index (χ1v) is 7.27. The van der Waals surface area contributed by atoms with Crippen molar-refractivity contribution in [3.63, 3.8) is 0 Å². The second-order valence-corrected chi connectivity index (χ2v) is 5.78. The summed E-state index contributed by atoms with van der Waals surface area (Å²) in [7, 11) is 0. The van der Waals surface area contributed by atoms with Gasteiger partial charge in [-0.25, -0.2) is 9.59 Å². The molecule has 0 radical (unpaired) electrons. The average molecular weight is 332 g/mol. The molecule has 0 bridgehead atoms. The van der Waals surface area contributed by atoms with Crippen LogP contribution in [0.25, 0.3) is 0 Å². The van der Waals surface area contributed by atoms with Gasteiger partial charge in [-0.2, -0.15) is 0 Å². The first-order valence-electron chi connectivity index (χ1n) is 6.46. The molecule has 0 aliphatic carbocycles. The number of hydrogen-bond acceptors (Lipinski definition) is 4. The van der Waals surface area contributed by atoms with Crippen LogP contribution in [0.2, 0.25) is 0 Å². The molecule has 0 unspecified atom stereocenters. The number of carboxylic acids is 3. The predicted molar refractivity (Wildman–Crippen MR) is 82.3 cm³/mol. The van der Waals surface area contributed by atoms with E-state index in [1.807, 2.05) is 0 Å². The Balaban J connectivity index is 2.23. The highest BCUT2D eigenvalue weighted by atomic mass is 32.2. The van der Waals surface area contributed by atoms with Gasteiger partial charge in [0.2, 0.25) is 0 Å². The molecule has 0 aliphatic heterocycles. The third kappa shape index (κ3) is 4.33. The predicted octanol–water partition coefficient (Wildman–Crippen LogP) is 2.86. The lowest BCUT2D eigenvalue weighted by molar-refractivity contribution is -0.136. The lowest BCUT2D eigenvalue weighted by Crippen LogP contribution is -2.07. The van der Waals surface area contributed by atoms with Crippen molar-refractivity contribution in [3.05, 3.63) is 59.2 Å². The highest BCUT2D eigenvalue weighted by molar-refractivity contribution is 7.99. The molecular formula is C16H12O6S. The second-order valence-electron chi connectivity index (χ2n) is 4.63. The highest BCUT2D eigenvalue weighted by Gasteiger charge is 2.16. The van der Waals surface area contributed by atoms with E-state index >= 15 is 0 Å². The van der Waals surface area contributed by atoms with Gasteiger partial charge < -0.3 is 15.3 Å². The van der Waals surface area contributed by atoms with Crippen LogP contribution < -0.4 is 0 Å². The molecular weight excluding hydrogens is 320 g/mol. The highest BCUT2D eigenvalue weighted by Crippen LogP contribution is 2.29. The first kappa shape index (κ1) is 16.6. The maximum absolute atomic E-state index is 11.2. The quantitative estimate of drug-likeness (QED) is 0.745. The number of benzene rings is 2. The molecule has 118 valence electrons. The van der Waals surface area contributed by atoms with E-state index in [9.17, 15) is 14.4 Å². The first-order chi connectivity index (χ1) is 10.9. The van der Waals surface area contributed by atoms with Gasteiger partial charge in [-0.05, 0) is 35.9 Å². The molecule has 0 fully saturated rings. The zero-order valence-electron chi connectivity index (χ0n) is 11.7. The van der Waals surface area contributed by atoms with Gasteiger partial charge in [0.05, 0.1) is 17.5 Å². The van der Waals surface area contributed by atoms with Crippen molar-refractivity contribution in [3.8, 4) is 0 Å². The second kappa shape index (κ2) is 6.97. The van der Waals surface area contributed by atoms with Crippen LogP contribution in [0.3, 0.4) is 0 Å². The van der Waals surface area contributed by atoms with Gasteiger partial charge in [-0.3, -0.25) is 4.79 Å². The summed E-state index contributed by atoms with van der Waals surface area (Å²) in [5.74, 6) is -3.51. The van der Waals surface area contributed by atoms with Crippen molar-refractivity contribution in [2.45, 2.75) is 16.2 Å². The van der Waals surface area contributed by atoms with Gasteiger partial charge in [0.15, 0.2) is 0 Å². The number of carboxylic acid groups (broad SMARTS) is 3. The lowest BCUT2D eigenvalue weighted by Gasteiger charge is -2.06. The van der Waals surface area contributed by atoms with Crippen LogP contribution in [0.4, 0.5) is 0 Å². The minimum Gasteiger partial charge on any atom is -0.481 e. The van der Waals surface area contributed by atoms with Crippen LogP contribution in [0.5, 0.6) is 0 Å². The van der Waals surface area contributed by atoms with E-state index in [0.717, 1.165) is 4.90 Å². The molecule has 7 heteroatoms. The molecule has 23 heavy (non-hydrogen) atoms.